The number of carbonyl (C=O) groups excluding carboxylic acids is 1. The van der Waals surface area contributed by atoms with Gasteiger partial charge in [-0.2, -0.15) is 5.10 Å². The molecule has 1 fully saturated rings. The zero-order chi connectivity index (χ0) is 20.8. The van der Waals surface area contributed by atoms with Crippen molar-refractivity contribution in [2.24, 2.45) is 4.99 Å². The van der Waals surface area contributed by atoms with E-state index in [1.165, 1.54) is 12.6 Å². The molecular weight excluding hydrogens is 509 g/mol. The number of piperazine rings is 1. The number of aromatic nitrogens is 3. The lowest BCUT2D eigenvalue weighted by Gasteiger charge is -2.36. The Morgan fingerprint density at radius 3 is 2.68 bits per heavy atom. The van der Waals surface area contributed by atoms with Gasteiger partial charge in [0.25, 0.3) is 5.91 Å². The predicted molar refractivity (Wildman–Crippen MR) is 128 cm³/mol. The van der Waals surface area contributed by atoms with Gasteiger partial charge in [-0.3, -0.25) is 9.89 Å². The van der Waals surface area contributed by atoms with Crippen LogP contribution in [-0.2, 0) is 6.54 Å². The molecule has 0 spiro atoms. The number of nitrogens with one attached hydrogen (secondary N) is 2. The highest BCUT2D eigenvalue weighted by atomic mass is 127. The Balaban J connectivity index is 0.00000272. The van der Waals surface area contributed by atoms with Crippen molar-refractivity contribution >= 4 is 35.8 Å². The minimum atomic E-state index is -0.0641. The second-order valence-electron chi connectivity index (χ2n) is 6.96. The monoisotopic (exact) mass is 535 g/mol. The van der Waals surface area contributed by atoms with Crippen molar-refractivity contribution in [1.82, 2.24) is 30.3 Å². The quantitative estimate of drug-likeness (QED) is 0.296. The Morgan fingerprint density at radius 1 is 1.19 bits per heavy atom. The number of halogens is 1. The van der Waals surface area contributed by atoms with E-state index < -0.39 is 0 Å². The maximum Gasteiger partial charge on any atom is 0.289 e. The molecule has 2 N–H and O–H groups in total. The minimum absolute atomic E-state index is 0. The van der Waals surface area contributed by atoms with Gasteiger partial charge in [0.2, 0.25) is 0 Å². The standard InChI is InChI=1S/C21H25N7O2.HI/c1-2-22-21(23-14-16-5-3-6-17(13-16)19-24-15-25-26-19)28-10-8-27(9-11-28)20(29)18-7-4-12-30-18;/h3-7,12-13,15H,2,8-11,14H2,1H3,(H,22,23)(H,24,25,26);1H. The summed E-state index contributed by atoms with van der Waals surface area (Å²) < 4.78 is 5.23. The fourth-order valence-corrected chi connectivity index (χ4v) is 3.43. The molecule has 2 aromatic heterocycles. The van der Waals surface area contributed by atoms with Gasteiger partial charge >= 0.3 is 0 Å². The van der Waals surface area contributed by atoms with Gasteiger partial charge in [-0.25, -0.2) is 9.98 Å². The summed E-state index contributed by atoms with van der Waals surface area (Å²) in [5, 5.41) is 10.2. The van der Waals surface area contributed by atoms with Gasteiger partial charge in [0, 0.05) is 38.3 Å². The third-order valence-corrected chi connectivity index (χ3v) is 4.96. The first-order chi connectivity index (χ1) is 14.7. The highest BCUT2D eigenvalue weighted by molar-refractivity contribution is 14.0. The highest BCUT2D eigenvalue weighted by Gasteiger charge is 2.25. The predicted octanol–water partition coefficient (Wildman–Crippen LogP) is 2.61. The van der Waals surface area contributed by atoms with Crippen molar-refractivity contribution in [3.05, 3.63) is 60.3 Å². The van der Waals surface area contributed by atoms with Gasteiger partial charge in [-0.05, 0) is 30.7 Å². The Kier molecular flexibility index (Phi) is 8.04. The van der Waals surface area contributed by atoms with Crippen LogP contribution in [0.5, 0.6) is 0 Å². The molecule has 3 aromatic rings. The number of aliphatic imine (C=N–C) groups is 1. The third-order valence-electron chi connectivity index (χ3n) is 4.96. The zero-order valence-corrected chi connectivity index (χ0v) is 19.7. The lowest BCUT2D eigenvalue weighted by molar-refractivity contribution is 0.0657. The van der Waals surface area contributed by atoms with Crippen LogP contribution in [0.2, 0.25) is 0 Å². The largest absolute Gasteiger partial charge is 0.459 e. The van der Waals surface area contributed by atoms with E-state index in [0.29, 0.717) is 25.4 Å². The lowest BCUT2D eigenvalue weighted by atomic mass is 10.1. The average Bonchev–Trinajstić information content (AvgIpc) is 3.51. The highest BCUT2D eigenvalue weighted by Crippen LogP contribution is 2.16. The molecule has 1 saturated heterocycles. The molecule has 164 valence electrons. The summed E-state index contributed by atoms with van der Waals surface area (Å²) in [4.78, 5) is 25.5. The van der Waals surface area contributed by atoms with Crippen molar-refractivity contribution in [3.63, 3.8) is 0 Å². The van der Waals surface area contributed by atoms with E-state index in [2.05, 4.69) is 38.4 Å². The fourth-order valence-electron chi connectivity index (χ4n) is 3.43. The SMILES string of the molecule is CCNC(=NCc1cccc(-c2ncn[nH]2)c1)N1CCN(C(=O)c2ccco2)CC1.I. The van der Waals surface area contributed by atoms with Crippen LogP contribution in [0, 0.1) is 0 Å². The molecule has 4 rings (SSSR count). The Labute approximate surface area is 198 Å². The third kappa shape index (κ3) is 5.63. The van der Waals surface area contributed by atoms with Crippen LogP contribution in [0.3, 0.4) is 0 Å². The smallest absolute Gasteiger partial charge is 0.289 e. The molecule has 3 heterocycles. The average molecular weight is 535 g/mol. The molecule has 31 heavy (non-hydrogen) atoms. The van der Waals surface area contributed by atoms with E-state index in [-0.39, 0.29) is 29.9 Å². The van der Waals surface area contributed by atoms with Crippen LogP contribution in [-0.4, -0.2) is 69.6 Å². The molecule has 0 saturated carbocycles. The summed E-state index contributed by atoms with van der Waals surface area (Å²) in [5.74, 6) is 1.92. The molecule has 0 unspecified atom stereocenters. The van der Waals surface area contributed by atoms with E-state index in [1.807, 2.05) is 23.1 Å². The second kappa shape index (κ2) is 10.9. The molecule has 0 bridgehead atoms. The van der Waals surface area contributed by atoms with Gasteiger partial charge in [0.05, 0.1) is 12.8 Å². The molecule has 0 radical (unpaired) electrons. The van der Waals surface area contributed by atoms with Gasteiger partial charge in [-0.15, -0.1) is 24.0 Å². The van der Waals surface area contributed by atoms with Gasteiger partial charge < -0.3 is 19.5 Å². The number of rotatable bonds is 5. The van der Waals surface area contributed by atoms with Crippen LogP contribution in [0.25, 0.3) is 11.4 Å². The normalized spacial score (nSPS) is 14.3. The first-order valence-corrected chi connectivity index (χ1v) is 10.1. The van der Waals surface area contributed by atoms with Crippen molar-refractivity contribution in [1.29, 1.82) is 0 Å². The maximum absolute atomic E-state index is 12.5. The van der Waals surface area contributed by atoms with Gasteiger partial charge in [0.15, 0.2) is 17.5 Å². The fraction of sp³-hybridized carbons (Fsp3) is 0.333. The van der Waals surface area contributed by atoms with Crippen molar-refractivity contribution < 1.29 is 9.21 Å². The number of aromatic amines is 1. The molecule has 0 atom stereocenters. The van der Waals surface area contributed by atoms with Gasteiger partial charge in [-0.1, -0.05) is 18.2 Å². The number of furan rings is 1. The maximum atomic E-state index is 12.5. The first-order valence-electron chi connectivity index (χ1n) is 10.1. The van der Waals surface area contributed by atoms with Crippen molar-refractivity contribution in [2.75, 3.05) is 32.7 Å². The number of benzene rings is 1. The summed E-state index contributed by atoms with van der Waals surface area (Å²) in [7, 11) is 0. The number of amides is 1. The lowest BCUT2D eigenvalue weighted by Crippen LogP contribution is -2.53. The molecular formula is C21H26IN7O2. The zero-order valence-electron chi connectivity index (χ0n) is 17.3. The van der Waals surface area contributed by atoms with E-state index in [1.54, 1.807) is 12.1 Å². The topological polar surface area (TPSA) is 103 Å². The molecule has 9 nitrogen and oxygen atoms in total. The van der Waals surface area contributed by atoms with Crippen LogP contribution in [0.1, 0.15) is 23.0 Å². The number of hydrogen-bond acceptors (Lipinski definition) is 5. The molecule has 0 aliphatic carbocycles. The Hall–Kier alpha value is -2.89. The summed E-state index contributed by atoms with van der Waals surface area (Å²) in [6.45, 7) is 6.08. The van der Waals surface area contributed by atoms with Crippen molar-refractivity contribution in [3.8, 4) is 11.4 Å². The summed E-state index contributed by atoms with van der Waals surface area (Å²) >= 11 is 0. The van der Waals surface area contributed by atoms with Crippen LogP contribution in [0.4, 0.5) is 0 Å². The Bertz CT molecular complexity index is 981. The van der Waals surface area contributed by atoms with Gasteiger partial charge in [0.1, 0.15) is 6.33 Å². The van der Waals surface area contributed by atoms with E-state index >= 15 is 0 Å². The molecule has 1 amide bonds. The Morgan fingerprint density at radius 2 is 2.00 bits per heavy atom. The van der Waals surface area contributed by atoms with Crippen molar-refractivity contribution in [2.45, 2.75) is 13.5 Å². The van der Waals surface area contributed by atoms with Crippen LogP contribution < -0.4 is 5.32 Å². The second-order valence-corrected chi connectivity index (χ2v) is 6.96. The summed E-state index contributed by atoms with van der Waals surface area (Å²) in [6, 6.07) is 11.5. The molecule has 1 aliphatic heterocycles. The summed E-state index contributed by atoms with van der Waals surface area (Å²) in [5.41, 5.74) is 2.07. The minimum Gasteiger partial charge on any atom is -0.459 e. The van der Waals surface area contributed by atoms with Crippen LogP contribution in [0.15, 0.2) is 58.4 Å². The van der Waals surface area contributed by atoms with E-state index in [4.69, 9.17) is 9.41 Å². The first kappa shape index (κ1) is 22.8. The number of nitrogens with zero attached hydrogens (tertiary/aromatic N) is 5. The number of guanidine groups is 1. The molecule has 10 heteroatoms. The number of hydrogen-bond donors (Lipinski definition) is 2. The molecule has 1 aromatic carbocycles. The van der Waals surface area contributed by atoms with E-state index in [0.717, 1.165) is 42.5 Å². The van der Waals surface area contributed by atoms with Crippen LogP contribution >= 0.6 is 24.0 Å². The van der Waals surface area contributed by atoms with E-state index in [9.17, 15) is 4.79 Å². The number of carbonyl (C=O) groups is 1. The number of H-pyrrole nitrogens is 1. The summed E-state index contributed by atoms with van der Waals surface area (Å²) in [6.07, 6.45) is 3.02. The molecule has 1 aliphatic rings.